The third-order valence-corrected chi connectivity index (χ3v) is 6.65. The Hall–Kier alpha value is -2.64. The summed E-state index contributed by atoms with van der Waals surface area (Å²) in [5.74, 6) is -0.642. The van der Waals surface area contributed by atoms with Crippen LogP contribution in [0.1, 0.15) is 32.5 Å². The van der Waals surface area contributed by atoms with E-state index in [9.17, 15) is 14.7 Å². The maximum Gasteiger partial charge on any atom is 0.346 e. The fourth-order valence-corrected chi connectivity index (χ4v) is 5.29. The van der Waals surface area contributed by atoms with Crippen molar-refractivity contribution in [2.24, 2.45) is 0 Å². The van der Waals surface area contributed by atoms with Crippen LogP contribution in [0.5, 0.6) is 5.75 Å². The van der Waals surface area contributed by atoms with E-state index in [4.69, 9.17) is 4.74 Å². The van der Waals surface area contributed by atoms with Crippen LogP contribution in [-0.2, 0) is 4.79 Å². The largest absolute Gasteiger partial charge is 0.496 e. The SMILES string of the molecule is COc1ccc([C@@H]2CC(=O)Nc3c2sc(C(=O)O)c3-c2ccccc2)cc1Br. The number of hydrogen-bond donors (Lipinski definition) is 2. The second-order valence-corrected chi connectivity index (χ2v) is 8.32. The molecule has 2 aromatic carbocycles. The fraction of sp³-hybridized carbons (Fsp3) is 0.143. The van der Waals surface area contributed by atoms with Crippen LogP contribution in [0.25, 0.3) is 11.1 Å². The van der Waals surface area contributed by atoms with Gasteiger partial charge in [0, 0.05) is 22.8 Å². The predicted molar refractivity (Wildman–Crippen MR) is 112 cm³/mol. The molecule has 4 rings (SSSR count). The normalized spacial score (nSPS) is 15.6. The van der Waals surface area contributed by atoms with Crippen molar-refractivity contribution in [3.63, 3.8) is 0 Å². The molecule has 0 bridgehead atoms. The van der Waals surface area contributed by atoms with Crippen molar-refractivity contribution in [2.75, 3.05) is 12.4 Å². The highest BCUT2D eigenvalue weighted by Crippen LogP contribution is 2.49. The van der Waals surface area contributed by atoms with Gasteiger partial charge in [-0.05, 0) is 39.2 Å². The zero-order chi connectivity index (χ0) is 19.8. The van der Waals surface area contributed by atoms with Gasteiger partial charge in [0.15, 0.2) is 0 Å². The van der Waals surface area contributed by atoms with Crippen LogP contribution in [0, 0.1) is 0 Å². The summed E-state index contributed by atoms with van der Waals surface area (Å²) >= 11 is 4.72. The van der Waals surface area contributed by atoms with Crippen molar-refractivity contribution >= 4 is 44.8 Å². The van der Waals surface area contributed by atoms with E-state index in [1.165, 1.54) is 11.3 Å². The summed E-state index contributed by atoms with van der Waals surface area (Å²) in [5.41, 5.74) is 2.87. The van der Waals surface area contributed by atoms with Crippen LogP contribution in [0.4, 0.5) is 5.69 Å². The number of hydrogen-bond acceptors (Lipinski definition) is 4. The lowest BCUT2D eigenvalue weighted by atomic mass is 9.88. The predicted octanol–water partition coefficient (Wildman–Crippen LogP) is 5.36. The summed E-state index contributed by atoms with van der Waals surface area (Å²) in [6.45, 7) is 0. The second-order valence-electron chi connectivity index (χ2n) is 6.42. The molecular weight excluding hydrogens is 442 g/mol. The van der Waals surface area contributed by atoms with Crippen LogP contribution in [0.2, 0.25) is 0 Å². The Labute approximate surface area is 174 Å². The van der Waals surface area contributed by atoms with Gasteiger partial charge in [-0.3, -0.25) is 4.79 Å². The third kappa shape index (κ3) is 3.21. The minimum Gasteiger partial charge on any atom is -0.496 e. The summed E-state index contributed by atoms with van der Waals surface area (Å²) in [7, 11) is 1.59. The first-order valence-electron chi connectivity index (χ1n) is 8.58. The molecule has 1 aliphatic heterocycles. The van der Waals surface area contributed by atoms with Gasteiger partial charge in [0.25, 0.3) is 0 Å². The molecule has 0 aliphatic carbocycles. The molecule has 0 saturated carbocycles. The first-order chi connectivity index (χ1) is 13.5. The van der Waals surface area contributed by atoms with E-state index in [1.807, 2.05) is 48.5 Å². The number of benzene rings is 2. The van der Waals surface area contributed by atoms with Gasteiger partial charge in [-0.25, -0.2) is 4.79 Å². The Morgan fingerprint density at radius 3 is 2.64 bits per heavy atom. The quantitative estimate of drug-likeness (QED) is 0.552. The number of carboxylic acid groups (broad SMARTS) is 1. The van der Waals surface area contributed by atoms with E-state index >= 15 is 0 Å². The second kappa shape index (κ2) is 7.41. The average Bonchev–Trinajstić information content (AvgIpc) is 3.07. The van der Waals surface area contributed by atoms with Crippen molar-refractivity contribution in [3.05, 3.63) is 68.3 Å². The molecule has 0 spiro atoms. The molecule has 1 atom stereocenters. The smallest absolute Gasteiger partial charge is 0.346 e. The molecule has 0 saturated heterocycles. The molecule has 3 aromatic rings. The summed E-state index contributed by atoms with van der Waals surface area (Å²) in [5, 5.41) is 12.7. The maximum absolute atomic E-state index is 12.5. The highest BCUT2D eigenvalue weighted by Gasteiger charge is 2.34. The number of fused-ring (bicyclic) bond motifs is 1. The lowest BCUT2D eigenvalue weighted by molar-refractivity contribution is -0.116. The maximum atomic E-state index is 12.5. The van der Waals surface area contributed by atoms with Gasteiger partial charge < -0.3 is 15.2 Å². The zero-order valence-electron chi connectivity index (χ0n) is 14.9. The lowest BCUT2D eigenvalue weighted by Crippen LogP contribution is -2.22. The number of carbonyl (C=O) groups excluding carboxylic acids is 1. The number of halogens is 1. The van der Waals surface area contributed by atoms with Crippen molar-refractivity contribution in [2.45, 2.75) is 12.3 Å². The van der Waals surface area contributed by atoms with Gasteiger partial charge in [-0.1, -0.05) is 36.4 Å². The Kier molecular flexibility index (Phi) is 4.95. The molecule has 0 fully saturated rings. The van der Waals surface area contributed by atoms with E-state index in [2.05, 4.69) is 21.2 Å². The Morgan fingerprint density at radius 1 is 1.25 bits per heavy atom. The molecule has 5 nitrogen and oxygen atoms in total. The molecule has 1 aliphatic rings. The van der Waals surface area contributed by atoms with Crippen molar-refractivity contribution in [1.82, 2.24) is 0 Å². The van der Waals surface area contributed by atoms with E-state index in [1.54, 1.807) is 7.11 Å². The number of amides is 1. The minimum absolute atomic E-state index is 0.128. The number of ether oxygens (including phenoxy) is 1. The van der Waals surface area contributed by atoms with Gasteiger partial charge in [0.1, 0.15) is 10.6 Å². The van der Waals surface area contributed by atoms with Crippen LogP contribution < -0.4 is 10.1 Å². The van der Waals surface area contributed by atoms with Gasteiger partial charge in [0.2, 0.25) is 5.91 Å². The van der Waals surface area contributed by atoms with E-state index in [0.29, 0.717) is 17.0 Å². The van der Waals surface area contributed by atoms with E-state index in [0.717, 1.165) is 20.5 Å². The molecule has 28 heavy (non-hydrogen) atoms. The molecule has 0 radical (unpaired) electrons. The monoisotopic (exact) mass is 457 g/mol. The van der Waals surface area contributed by atoms with Crippen LogP contribution in [-0.4, -0.2) is 24.1 Å². The lowest BCUT2D eigenvalue weighted by Gasteiger charge is -2.24. The standard InChI is InChI=1S/C21H16BrNO4S/c1-27-15-8-7-12(9-14(15)22)13-10-16(24)23-18-17(11-5-3-2-4-6-11)20(21(25)26)28-19(13)18/h2-9,13H,10H2,1H3,(H,23,24)(H,25,26)/t13-/m0/s1. The molecule has 1 amide bonds. The molecule has 2 N–H and O–H groups in total. The first-order valence-corrected chi connectivity index (χ1v) is 10.2. The molecule has 1 aromatic heterocycles. The highest BCUT2D eigenvalue weighted by molar-refractivity contribution is 9.10. The number of nitrogens with one attached hydrogen (secondary N) is 1. The Morgan fingerprint density at radius 2 is 2.00 bits per heavy atom. The van der Waals surface area contributed by atoms with Crippen molar-refractivity contribution in [1.29, 1.82) is 0 Å². The number of thiophene rings is 1. The van der Waals surface area contributed by atoms with E-state index in [-0.39, 0.29) is 23.1 Å². The minimum atomic E-state index is -0.998. The average molecular weight is 458 g/mol. The molecule has 0 unspecified atom stereocenters. The van der Waals surface area contributed by atoms with Gasteiger partial charge in [0.05, 0.1) is 17.3 Å². The van der Waals surface area contributed by atoms with Crippen LogP contribution in [0.15, 0.2) is 53.0 Å². The van der Waals surface area contributed by atoms with E-state index < -0.39 is 5.97 Å². The number of methoxy groups -OCH3 is 1. The van der Waals surface area contributed by atoms with Crippen LogP contribution >= 0.6 is 27.3 Å². The van der Waals surface area contributed by atoms with Gasteiger partial charge in [-0.15, -0.1) is 11.3 Å². The first kappa shape index (κ1) is 18.7. The van der Waals surface area contributed by atoms with Crippen LogP contribution in [0.3, 0.4) is 0 Å². The number of aromatic carboxylic acids is 1. The fourth-order valence-electron chi connectivity index (χ4n) is 3.49. The molecule has 142 valence electrons. The van der Waals surface area contributed by atoms with Gasteiger partial charge >= 0.3 is 5.97 Å². The zero-order valence-corrected chi connectivity index (χ0v) is 17.3. The highest BCUT2D eigenvalue weighted by atomic mass is 79.9. The summed E-state index contributed by atoms with van der Waals surface area (Å²) in [6.07, 6.45) is 0.263. The molecule has 7 heteroatoms. The van der Waals surface area contributed by atoms with Gasteiger partial charge in [-0.2, -0.15) is 0 Å². The van der Waals surface area contributed by atoms with Crippen molar-refractivity contribution < 1.29 is 19.4 Å². The molecule has 2 heterocycles. The van der Waals surface area contributed by atoms with Crippen molar-refractivity contribution in [3.8, 4) is 16.9 Å². The topological polar surface area (TPSA) is 75.6 Å². The Balaban J connectivity index is 1.91. The number of carboxylic acids is 1. The summed E-state index contributed by atoms with van der Waals surface area (Å²) < 4.78 is 6.08. The Bertz CT molecular complexity index is 1080. The number of carbonyl (C=O) groups is 2. The number of anilines is 1. The summed E-state index contributed by atoms with van der Waals surface area (Å²) in [6, 6.07) is 15.0. The third-order valence-electron chi connectivity index (χ3n) is 4.74. The number of rotatable bonds is 4. The molecular formula is C21H16BrNO4S. The summed E-state index contributed by atoms with van der Waals surface area (Å²) in [4.78, 5) is 25.5.